The lowest BCUT2D eigenvalue weighted by Gasteiger charge is -2.21. The zero-order chi connectivity index (χ0) is 26.1. The van der Waals surface area contributed by atoms with Crippen LogP contribution in [0.3, 0.4) is 0 Å². The van der Waals surface area contributed by atoms with Gasteiger partial charge in [-0.1, -0.05) is 37.3 Å². The minimum absolute atomic E-state index is 0.407. The SMILES string of the molecule is CCN(CCOC)Cc1cc(-c2ccc(CCNC(=O)OC(C)(C)C)cc2)nc2cc(C#N)ccc12. The first-order valence-corrected chi connectivity index (χ1v) is 12.3. The second kappa shape index (κ2) is 12.5. The predicted octanol–water partition coefficient (Wildman–Crippen LogP) is 5.31. The van der Waals surface area contributed by atoms with Crippen molar-refractivity contribution in [1.82, 2.24) is 15.2 Å². The molecule has 1 N–H and O–H groups in total. The zero-order valence-corrected chi connectivity index (χ0v) is 21.9. The van der Waals surface area contributed by atoms with Gasteiger partial charge in [0.15, 0.2) is 0 Å². The molecular weight excluding hydrogens is 452 g/mol. The lowest BCUT2D eigenvalue weighted by atomic mass is 10.0. The van der Waals surface area contributed by atoms with Gasteiger partial charge in [-0.15, -0.1) is 0 Å². The number of amides is 1. The number of rotatable bonds is 10. The van der Waals surface area contributed by atoms with E-state index in [2.05, 4.69) is 53.5 Å². The Bertz CT molecular complexity index is 1210. The molecule has 3 rings (SSSR count). The molecule has 0 saturated heterocycles. The number of alkyl carbamates (subject to hydrolysis) is 1. The van der Waals surface area contributed by atoms with Crippen LogP contribution in [0.2, 0.25) is 0 Å². The smallest absolute Gasteiger partial charge is 0.407 e. The maximum absolute atomic E-state index is 11.9. The summed E-state index contributed by atoms with van der Waals surface area (Å²) < 4.78 is 10.6. The summed E-state index contributed by atoms with van der Waals surface area (Å²) >= 11 is 0. The molecule has 0 radical (unpaired) electrons. The molecule has 1 heterocycles. The van der Waals surface area contributed by atoms with E-state index >= 15 is 0 Å². The lowest BCUT2D eigenvalue weighted by Crippen LogP contribution is -2.33. The van der Waals surface area contributed by atoms with Crippen molar-refractivity contribution in [3.05, 3.63) is 65.2 Å². The van der Waals surface area contributed by atoms with Crippen LogP contribution in [0, 0.1) is 11.3 Å². The van der Waals surface area contributed by atoms with Gasteiger partial charge in [0.2, 0.25) is 0 Å². The molecule has 0 spiro atoms. The lowest BCUT2D eigenvalue weighted by molar-refractivity contribution is 0.0528. The van der Waals surface area contributed by atoms with E-state index in [0.29, 0.717) is 25.1 Å². The molecule has 0 atom stereocenters. The Balaban J connectivity index is 1.81. The number of hydrogen-bond acceptors (Lipinski definition) is 6. The summed E-state index contributed by atoms with van der Waals surface area (Å²) in [7, 11) is 1.72. The molecule has 0 aliphatic carbocycles. The highest BCUT2D eigenvalue weighted by Gasteiger charge is 2.16. The van der Waals surface area contributed by atoms with Crippen molar-refractivity contribution >= 4 is 17.0 Å². The first-order chi connectivity index (χ1) is 17.2. The Morgan fingerprint density at radius 1 is 1.14 bits per heavy atom. The van der Waals surface area contributed by atoms with Gasteiger partial charge in [-0.05, 0) is 63.1 Å². The summed E-state index contributed by atoms with van der Waals surface area (Å²) in [4.78, 5) is 19.1. The van der Waals surface area contributed by atoms with Crippen LogP contribution in [0.1, 0.15) is 44.4 Å². The molecule has 3 aromatic rings. The second-order valence-electron chi connectivity index (χ2n) is 9.75. The standard InChI is InChI=1S/C29H36N4O3/c1-6-33(15-16-35-5)20-24-18-26(32-27-17-22(19-30)9-12-25(24)27)23-10-7-21(8-11-23)13-14-31-28(34)36-29(2,3)4/h7-12,17-18H,6,13-16,20H2,1-5H3,(H,31,34). The van der Waals surface area contributed by atoms with Crippen LogP contribution >= 0.6 is 0 Å². The summed E-state index contributed by atoms with van der Waals surface area (Å²) in [5.74, 6) is 0. The molecule has 1 aromatic heterocycles. The number of aromatic nitrogens is 1. The number of carbonyl (C=O) groups excluding carboxylic acids is 1. The molecule has 0 fully saturated rings. The van der Waals surface area contributed by atoms with Crippen molar-refractivity contribution in [1.29, 1.82) is 5.26 Å². The van der Waals surface area contributed by atoms with Gasteiger partial charge in [0, 0.05) is 37.7 Å². The third-order valence-corrected chi connectivity index (χ3v) is 5.81. The Hall–Kier alpha value is -3.47. The maximum Gasteiger partial charge on any atom is 0.407 e. The van der Waals surface area contributed by atoms with E-state index in [1.54, 1.807) is 7.11 Å². The summed E-state index contributed by atoms with van der Waals surface area (Å²) in [5.41, 5.74) is 5.05. The average molecular weight is 489 g/mol. The van der Waals surface area contributed by atoms with E-state index in [0.717, 1.165) is 47.4 Å². The number of nitriles is 1. The molecule has 36 heavy (non-hydrogen) atoms. The number of likely N-dealkylation sites (N-methyl/N-ethyl adjacent to an activating group) is 1. The monoisotopic (exact) mass is 488 g/mol. The van der Waals surface area contributed by atoms with Gasteiger partial charge in [-0.2, -0.15) is 5.26 Å². The highest BCUT2D eigenvalue weighted by Crippen LogP contribution is 2.27. The number of nitrogens with one attached hydrogen (secondary N) is 1. The minimum atomic E-state index is -0.511. The van der Waals surface area contributed by atoms with Gasteiger partial charge in [-0.25, -0.2) is 9.78 Å². The number of hydrogen-bond donors (Lipinski definition) is 1. The van der Waals surface area contributed by atoms with Crippen LogP contribution in [0.4, 0.5) is 4.79 Å². The normalized spacial score (nSPS) is 11.5. The average Bonchev–Trinajstić information content (AvgIpc) is 2.85. The Morgan fingerprint density at radius 3 is 2.53 bits per heavy atom. The van der Waals surface area contributed by atoms with Crippen molar-refractivity contribution in [2.24, 2.45) is 0 Å². The van der Waals surface area contributed by atoms with Crippen molar-refractivity contribution in [2.45, 2.75) is 46.3 Å². The van der Waals surface area contributed by atoms with E-state index in [4.69, 9.17) is 14.5 Å². The van der Waals surface area contributed by atoms with Crippen LogP contribution in [0.25, 0.3) is 22.2 Å². The number of ether oxygens (including phenoxy) is 2. The molecule has 190 valence electrons. The summed E-state index contributed by atoms with van der Waals surface area (Å²) in [5, 5.41) is 13.2. The number of methoxy groups -OCH3 is 1. The van der Waals surface area contributed by atoms with Gasteiger partial charge in [0.1, 0.15) is 5.60 Å². The van der Waals surface area contributed by atoms with Crippen molar-refractivity contribution in [2.75, 3.05) is 33.4 Å². The topological polar surface area (TPSA) is 87.5 Å². The van der Waals surface area contributed by atoms with E-state index < -0.39 is 11.7 Å². The van der Waals surface area contributed by atoms with Gasteiger partial charge in [0.05, 0.1) is 29.5 Å². The third-order valence-electron chi connectivity index (χ3n) is 5.81. The quantitative estimate of drug-likeness (QED) is 0.416. The first kappa shape index (κ1) is 27.1. The number of carbonyl (C=O) groups is 1. The molecule has 7 heteroatoms. The number of pyridine rings is 1. The maximum atomic E-state index is 11.9. The van der Waals surface area contributed by atoms with Crippen LogP contribution in [-0.4, -0.2) is 54.9 Å². The molecule has 7 nitrogen and oxygen atoms in total. The van der Waals surface area contributed by atoms with E-state index in [-0.39, 0.29) is 0 Å². The number of fused-ring (bicyclic) bond motifs is 1. The van der Waals surface area contributed by atoms with Crippen LogP contribution in [0.15, 0.2) is 48.5 Å². The van der Waals surface area contributed by atoms with Crippen molar-refractivity contribution in [3.8, 4) is 17.3 Å². The van der Waals surface area contributed by atoms with Crippen molar-refractivity contribution in [3.63, 3.8) is 0 Å². The zero-order valence-electron chi connectivity index (χ0n) is 21.9. The van der Waals surface area contributed by atoms with Crippen molar-refractivity contribution < 1.29 is 14.3 Å². The van der Waals surface area contributed by atoms with Crippen LogP contribution in [-0.2, 0) is 22.4 Å². The molecule has 0 bridgehead atoms. The fourth-order valence-corrected chi connectivity index (χ4v) is 3.92. The summed E-state index contributed by atoms with van der Waals surface area (Å²) in [6.07, 6.45) is 0.294. The minimum Gasteiger partial charge on any atom is -0.444 e. The molecule has 0 aliphatic heterocycles. The number of nitrogens with zero attached hydrogens (tertiary/aromatic N) is 3. The third kappa shape index (κ3) is 7.77. The first-order valence-electron chi connectivity index (χ1n) is 12.3. The molecule has 1 amide bonds. The second-order valence-corrected chi connectivity index (χ2v) is 9.75. The fourth-order valence-electron chi connectivity index (χ4n) is 3.92. The van der Waals surface area contributed by atoms with Crippen LogP contribution in [0.5, 0.6) is 0 Å². The summed E-state index contributed by atoms with van der Waals surface area (Å²) in [6, 6.07) is 18.3. The highest BCUT2D eigenvalue weighted by molar-refractivity contribution is 5.86. The molecular formula is C29H36N4O3. The molecule has 2 aromatic carbocycles. The van der Waals surface area contributed by atoms with Crippen LogP contribution < -0.4 is 5.32 Å². The van der Waals surface area contributed by atoms with Gasteiger partial charge in [0.25, 0.3) is 0 Å². The van der Waals surface area contributed by atoms with Gasteiger partial charge < -0.3 is 14.8 Å². The molecule has 0 saturated carbocycles. The predicted molar refractivity (Wildman–Crippen MR) is 143 cm³/mol. The van der Waals surface area contributed by atoms with E-state index in [1.807, 2.05) is 39.0 Å². The van der Waals surface area contributed by atoms with Gasteiger partial charge in [-0.3, -0.25) is 4.90 Å². The molecule has 0 aliphatic rings. The van der Waals surface area contributed by atoms with Gasteiger partial charge >= 0.3 is 6.09 Å². The Kier molecular flexibility index (Phi) is 9.40. The highest BCUT2D eigenvalue weighted by atomic mass is 16.6. The fraction of sp³-hybridized carbons (Fsp3) is 0.414. The Labute approximate surface area is 214 Å². The van der Waals surface area contributed by atoms with E-state index in [1.165, 1.54) is 5.56 Å². The number of benzene rings is 2. The summed E-state index contributed by atoms with van der Waals surface area (Å²) in [6.45, 7) is 11.4. The largest absolute Gasteiger partial charge is 0.444 e. The molecule has 0 unspecified atom stereocenters. The Morgan fingerprint density at radius 2 is 1.89 bits per heavy atom. The van der Waals surface area contributed by atoms with E-state index in [9.17, 15) is 10.1 Å².